The molecule has 1 aromatic carbocycles. The van der Waals surface area contributed by atoms with Gasteiger partial charge in [-0.25, -0.2) is 12.8 Å². The van der Waals surface area contributed by atoms with Crippen molar-refractivity contribution < 1.29 is 12.8 Å². The Bertz CT molecular complexity index is 763. The Morgan fingerprint density at radius 1 is 1.33 bits per heavy atom. The number of sulfonamides is 1. The van der Waals surface area contributed by atoms with Gasteiger partial charge in [-0.3, -0.25) is 9.40 Å². The van der Waals surface area contributed by atoms with Crippen molar-refractivity contribution in [2.24, 2.45) is 0 Å². The fourth-order valence-corrected chi connectivity index (χ4v) is 2.64. The van der Waals surface area contributed by atoms with Crippen LogP contribution < -0.4 is 10.5 Å². The van der Waals surface area contributed by atoms with Crippen molar-refractivity contribution in [2.75, 3.05) is 10.5 Å². The van der Waals surface area contributed by atoms with Crippen LogP contribution in [0.25, 0.3) is 0 Å². The number of hydrogen-bond donors (Lipinski definition) is 2. The summed E-state index contributed by atoms with van der Waals surface area (Å²) in [5, 5.41) is 4.03. The second kappa shape index (κ2) is 5.03. The lowest BCUT2D eigenvalue weighted by Gasteiger charge is -2.18. The molecule has 1 aromatic heterocycles. The minimum absolute atomic E-state index is 0.00138. The Hall–Kier alpha value is -2.09. The van der Waals surface area contributed by atoms with Gasteiger partial charge in [-0.1, -0.05) is 0 Å². The number of hydrogen-bond acceptors (Lipinski definition) is 4. The summed E-state index contributed by atoms with van der Waals surface area (Å²) in [5.41, 5.74) is 5.43. The number of benzene rings is 1. The summed E-state index contributed by atoms with van der Waals surface area (Å²) in [7, 11) is -3.87. The van der Waals surface area contributed by atoms with Gasteiger partial charge in [0.15, 0.2) is 0 Å². The predicted octanol–water partition coefficient (Wildman–Crippen LogP) is 2.16. The molecule has 21 heavy (non-hydrogen) atoms. The lowest BCUT2D eigenvalue weighted by Crippen LogP contribution is -2.22. The Labute approximate surface area is 122 Å². The zero-order valence-electron chi connectivity index (χ0n) is 12.0. The summed E-state index contributed by atoms with van der Waals surface area (Å²) < 4.78 is 41.5. The molecule has 8 heteroatoms. The SMILES string of the molecule is CC(C)(C)n1cc(S(=O)(=O)Nc2cc(F)ccc2N)cn1. The first-order chi connectivity index (χ1) is 9.59. The lowest BCUT2D eigenvalue weighted by molar-refractivity contribution is 0.355. The van der Waals surface area contributed by atoms with Gasteiger partial charge in [0, 0.05) is 12.3 Å². The molecular weight excluding hydrogens is 295 g/mol. The largest absolute Gasteiger partial charge is 0.397 e. The van der Waals surface area contributed by atoms with E-state index >= 15 is 0 Å². The molecule has 2 rings (SSSR count). The Morgan fingerprint density at radius 3 is 2.57 bits per heavy atom. The van der Waals surface area contributed by atoms with Gasteiger partial charge in [-0.05, 0) is 32.9 Å². The monoisotopic (exact) mass is 312 g/mol. The molecule has 3 N–H and O–H groups in total. The average Bonchev–Trinajstić information content (AvgIpc) is 2.83. The van der Waals surface area contributed by atoms with E-state index < -0.39 is 15.8 Å². The van der Waals surface area contributed by atoms with Gasteiger partial charge < -0.3 is 5.73 Å². The maximum atomic E-state index is 13.2. The van der Waals surface area contributed by atoms with Gasteiger partial charge in [-0.2, -0.15) is 5.10 Å². The fourth-order valence-electron chi connectivity index (χ4n) is 1.63. The van der Waals surface area contributed by atoms with E-state index in [1.807, 2.05) is 20.8 Å². The molecule has 0 unspecified atom stereocenters. The van der Waals surface area contributed by atoms with Crippen LogP contribution in [0, 0.1) is 5.82 Å². The summed E-state index contributed by atoms with van der Waals surface area (Å²) in [5.74, 6) is -0.577. The van der Waals surface area contributed by atoms with E-state index in [4.69, 9.17) is 5.73 Å². The molecule has 0 bridgehead atoms. The van der Waals surface area contributed by atoms with Crippen LogP contribution in [0.2, 0.25) is 0 Å². The summed E-state index contributed by atoms with van der Waals surface area (Å²) in [6.07, 6.45) is 2.65. The highest BCUT2D eigenvalue weighted by Crippen LogP contribution is 2.23. The standard InChI is InChI=1S/C13H17FN4O2S/c1-13(2,3)18-8-10(7-16-18)21(19,20)17-12-6-9(14)4-5-11(12)15/h4-8,17H,15H2,1-3H3. The zero-order chi connectivity index (χ0) is 15.8. The third-order valence-corrected chi connectivity index (χ3v) is 4.14. The molecule has 6 nitrogen and oxygen atoms in total. The van der Waals surface area contributed by atoms with Crippen LogP contribution in [0.1, 0.15) is 20.8 Å². The van der Waals surface area contributed by atoms with E-state index in [1.54, 1.807) is 0 Å². The van der Waals surface area contributed by atoms with E-state index in [9.17, 15) is 12.8 Å². The Kier molecular flexibility index (Phi) is 3.66. The maximum Gasteiger partial charge on any atom is 0.265 e. The van der Waals surface area contributed by atoms with Crippen molar-refractivity contribution in [1.82, 2.24) is 9.78 Å². The van der Waals surface area contributed by atoms with Gasteiger partial charge in [0.25, 0.3) is 10.0 Å². The Morgan fingerprint density at radius 2 is 2.00 bits per heavy atom. The third kappa shape index (κ3) is 3.33. The molecule has 0 aliphatic carbocycles. The first kappa shape index (κ1) is 15.3. The summed E-state index contributed by atoms with van der Waals surface area (Å²) in [4.78, 5) is -0.0129. The van der Waals surface area contributed by atoms with E-state index in [2.05, 4.69) is 9.82 Å². The molecule has 0 atom stereocenters. The van der Waals surface area contributed by atoms with E-state index in [0.717, 1.165) is 12.1 Å². The first-order valence-electron chi connectivity index (χ1n) is 6.22. The van der Waals surface area contributed by atoms with Gasteiger partial charge in [0.1, 0.15) is 10.7 Å². The highest BCUT2D eigenvalue weighted by molar-refractivity contribution is 7.92. The molecule has 114 valence electrons. The number of aromatic nitrogens is 2. The van der Waals surface area contributed by atoms with Crippen LogP contribution >= 0.6 is 0 Å². The molecule has 0 saturated carbocycles. The fraction of sp³-hybridized carbons (Fsp3) is 0.308. The summed E-state index contributed by atoms with van der Waals surface area (Å²) >= 11 is 0. The van der Waals surface area contributed by atoms with E-state index in [1.165, 1.54) is 23.1 Å². The topological polar surface area (TPSA) is 90.0 Å². The van der Waals surface area contributed by atoms with Crippen molar-refractivity contribution in [2.45, 2.75) is 31.2 Å². The predicted molar refractivity (Wildman–Crippen MR) is 78.8 cm³/mol. The Balaban J connectivity index is 2.35. The molecule has 0 spiro atoms. The van der Waals surface area contributed by atoms with Crippen LogP contribution in [0.15, 0.2) is 35.5 Å². The van der Waals surface area contributed by atoms with Crippen molar-refractivity contribution in [3.05, 3.63) is 36.4 Å². The quantitative estimate of drug-likeness (QED) is 0.850. The van der Waals surface area contributed by atoms with E-state index in [-0.39, 0.29) is 21.8 Å². The lowest BCUT2D eigenvalue weighted by atomic mass is 10.1. The highest BCUT2D eigenvalue weighted by Gasteiger charge is 2.21. The molecule has 0 aliphatic rings. The second-order valence-electron chi connectivity index (χ2n) is 5.63. The minimum Gasteiger partial charge on any atom is -0.397 e. The first-order valence-corrected chi connectivity index (χ1v) is 7.71. The molecule has 2 aromatic rings. The van der Waals surface area contributed by atoms with E-state index in [0.29, 0.717) is 0 Å². The summed E-state index contributed by atoms with van der Waals surface area (Å²) in [6, 6.07) is 3.48. The number of nitrogens with one attached hydrogen (secondary N) is 1. The van der Waals surface area contributed by atoms with Crippen LogP contribution in [-0.2, 0) is 15.6 Å². The van der Waals surface area contributed by atoms with Gasteiger partial charge in [-0.15, -0.1) is 0 Å². The average molecular weight is 312 g/mol. The number of nitrogen functional groups attached to an aromatic ring is 1. The van der Waals surface area contributed by atoms with Crippen LogP contribution in [0.3, 0.4) is 0 Å². The molecule has 1 heterocycles. The van der Waals surface area contributed by atoms with Crippen molar-refractivity contribution in [1.29, 1.82) is 0 Å². The molecule has 0 aliphatic heterocycles. The highest BCUT2D eigenvalue weighted by atomic mass is 32.2. The van der Waals surface area contributed by atoms with Crippen molar-refractivity contribution in [3.8, 4) is 0 Å². The number of rotatable bonds is 3. The number of nitrogens with two attached hydrogens (primary N) is 1. The molecule has 0 saturated heterocycles. The second-order valence-corrected chi connectivity index (χ2v) is 7.31. The van der Waals surface area contributed by atoms with Crippen LogP contribution in [0.5, 0.6) is 0 Å². The van der Waals surface area contributed by atoms with Crippen LogP contribution in [-0.4, -0.2) is 18.2 Å². The summed E-state index contributed by atoms with van der Waals surface area (Å²) in [6.45, 7) is 5.69. The van der Waals surface area contributed by atoms with Crippen molar-refractivity contribution in [3.63, 3.8) is 0 Å². The van der Waals surface area contributed by atoms with Gasteiger partial charge in [0.05, 0.1) is 23.1 Å². The molecule has 0 radical (unpaired) electrons. The van der Waals surface area contributed by atoms with Crippen molar-refractivity contribution >= 4 is 21.4 Å². The molecule has 0 fully saturated rings. The molecular formula is C13H17FN4O2S. The number of halogens is 1. The van der Waals surface area contributed by atoms with Crippen LogP contribution in [0.4, 0.5) is 15.8 Å². The third-order valence-electron chi connectivity index (χ3n) is 2.82. The maximum absolute atomic E-state index is 13.2. The zero-order valence-corrected chi connectivity index (χ0v) is 12.8. The van der Waals surface area contributed by atoms with Gasteiger partial charge in [0.2, 0.25) is 0 Å². The normalized spacial score (nSPS) is 12.4. The molecule has 0 amide bonds. The number of anilines is 2. The smallest absolute Gasteiger partial charge is 0.265 e. The minimum atomic E-state index is -3.87. The number of nitrogens with zero attached hydrogens (tertiary/aromatic N) is 2. The van der Waals surface area contributed by atoms with Gasteiger partial charge >= 0.3 is 0 Å².